The average molecular weight is 539 g/mol. The standard InChI is InChI=1S/C25H30O13/c1-33-14-8-11(2-4-13(14)27)3-5-16(28)35-9-15-19(30)20(31)21(32)24(36-15)37-23-17-12(6-7-34-23)18(29)22-25(17,10-26)38-22/h2-8,12,15,17-24,26-27,29-32H,9-10H2,1H3. The Labute approximate surface area is 217 Å². The number of phenols is 1. The molecule has 13 nitrogen and oxygen atoms in total. The number of aliphatic hydroxyl groups is 5. The fraction of sp³-hybridized carbons (Fsp3) is 0.560. The number of epoxide rings is 1. The minimum Gasteiger partial charge on any atom is -0.504 e. The molecule has 208 valence electrons. The van der Waals surface area contributed by atoms with Gasteiger partial charge in [0.15, 0.2) is 17.8 Å². The zero-order chi connectivity index (χ0) is 27.2. The number of methoxy groups -OCH3 is 1. The molecule has 1 aromatic carbocycles. The highest BCUT2D eigenvalue weighted by atomic mass is 16.8. The van der Waals surface area contributed by atoms with E-state index in [4.69, 9.17) is 28.4 Å². The Kier molecular flexibility index (Phi) is 7.37. The summed E-state index contributed by atoms with van der Waals surface area (Å²) in [6.07, 6.45) is -4.80. The number of esters is 1. The van der Waals surface area contributed by atoms with Crippen molar-refractivity contribution in [3.63, 3.8) is 0 Å². The summed E-state index contributed by atoms with van der Waals surface area (Å²) < 4.78 is 32.7. The van der Waals surface area contributed by atoms with Crippen molar-refractivity contribution < 1.29 is 63.9 Å². The molecule has 0 bridgehead atoms. The molecule has 0 aromatic heterocycles. The van der Waals surface area contributed by atoms with Gasteiger partial charge >= 0.3 is 5.97 Å². The first-order valence-corrected chi connectivity index (χ1v) is 12.1. The fourth-order valence-corrected chi connectivity index (χ4v) is 5.34. The number of ether oxygens (including phenoxy) is 6. The highest BCUT2D eigenvalue weighted by molar-refractivity contribution is 5.87. The fourth-order valence-electron chi connectivity index (χ4n) is 5.34. The molecule has 0 spiro atoms. The van der Waals surface area contributed by atoms with Crippen LogP contribution >= 0.6 is 0 Å². The second-order valence-corrected chi connectivity index (χ2v) is 9.62. The van der Waals surface area contributed by atoms with Gasteiger partial charge in [0.05, 0.1) is 32.0 Å². The Balaban J connectivity index is 1.21. The lowest BCUT2D eigenvalue weighted by atomic mass is 9.85. The lowest BCUT2D eigenvalue weighted by Gasteiger charge is -2.43. The van der Waals surface area contributed by atoms with Crippen LogP contribution in [0.1, 0.15) is 5.56 Å². The maximum atomic E-state index is 12.2. The summed E-state index contributed by atoms with van der Waals surface area (Å²) in [4.78, 5) is 12.2. The molecule has 3 aliphatic heterocycles. The van der Waals surface area contributed by atoms with E-state index in [1.807, 2.05) is 0 Å². The van der Waals surface area contributed by atoms with Gasteiger partial charge < -0.3 is 59.1 Å². The zero-order valence-corrected chi connectivity index (χ0v) is 20.3. The third-order valence-corrected chi connectivity index (χ3v) is 7.45. The molecule has 1 aromatic rings. The van der Waals surface area contributed by atoms with Crippen molar-refractivity contribution >= 4 is 12.0 Å². The maximum absolute atomic E-state index is 12.2. The van der Waals surface area contributed by atoms with Gasteiger partial charge in [-0.1, -0.05) is 6.07 Å². The number of aromatic hydroxyl groups is 1. The second kappa shape index (κ2) is 10.4. The van der Waals surface area contributed by atoms with Crippen LogP contribution in [0.15, 0.2) is 36.6 Å². The summed E-state index contributed by atoms with van der Waals surface area (Å²) in [5.74, 6) is -1.68. The number of phenolic OH excluding ortho intramolecular Hbond substituents is 1. The predicted octanol–water partition coefficient (Wildman–Crippen LogP) is -1.61. The van der Waals surface area contributed by atoms with Crippen molar-refractivity contribution in [3.05, 3.63) is 42.2 Å². The first-order chi connectivity index (χ1) is 18.2. The summed E-state index contributed by atoms with van der Waals surface area (Å²) >= 11 is 0. The van der Waals surface area contributed by atoms with Gasteiger partial charge in [0.1, 0.15) is 42.7 Å². The Morgan fingerprint density at radius 2 is 1.89 bits per heavy atom. The molecule has 5 rings (SSSR count). The molecule has 1 aliphatic carbocycles. The third kappa shape index (κ3) is 4.65. The van der Waals surface area contributed by atoms with Gasteiger partial charge in [-0.05, 0) is 29.8 Å². The van der Waals surface area contributed by atoms with Crippen LogP contribution in [-0.2, 0) is 28.5 Å². The Morgan fingerprint density at radius 3 is 2.63 bits per heavy atom. The normalized spacial score (nSPS) is 41.3. The van der Waals surface area contributed by atoms with E-state index >= 15 is 0 Å². The molecule has 11 unspecified atom stereocenters. The van der Waals surface area contributed by atoms with E-state index in [9.17, 15) is 35.4 Å². The second-order valence-electron chi connectivity index (χ2n) is 9.62. The van der Waals surface area contributed by atoms with E-state index in [-0.39, 0.29) is 18.1 Å². The largest absolute Gasteiger partial charge is 0.504 e. The van der Waals surface area contributed by atoms with Crippen LogP contribution in [0, 0.1) is 11.8 Å². The Bertz CT molecular complexity index is 1090. The lowest BCUT2D eigenvalue weighted by Crippen LogP contribution is -2.60. The quantitative estimate of drug-likeness (QED) is 0.126. The number of carbonyl (C=O) groups is 1. The zero-order valence-electron chi connectivity index (χ0n) is 20.3. The SMILES string of the molecule is COc1cc(C=CC(=O)OCC2OC(OC3OC=CC4C(O)C5OC5(CO)C34)C(O)C(O)C2O)ccc1O. The van der Waals surface area contributed by atoms with Crippen molar-refractivity contribution in [1.29, 1.82) is 0 Å². The lowest BCUT2D eigenvalue weighted by molar-refractivity contribution is -0.344. The van der Waals surface area contributed by atoms with Crippen molar-refractivity contribution in [2.24, 2.45) is 11.8 Å². The number of aliphatic hydroxyl groups excluding tert-OH is 5. The number of benzene rings is 1. The van der Waals surface area contributed by atoms with Gasteiger partial charge in [0.2, 0.25) is 6.29 Å². The highest BCUT2D eigenvalue weighted by Crippen LogP contribution is 2.59. The van der Waals surface area contributed by atoms with Gasteiger partial charge in [0, 0.05) is 12.0 Å². The molecule has 0 radical (unpaired) electrons. The summed E-state index contributed by atoms with van der Waals surface area (Å²) in [5, 5.41) is 61.3. The smallest absolute Gasteiger partial charge is 0.330 e. The van der Waals surface area contributed by atoms with Crippen LogP contribution < -0.4 is 4.74 Å². The molecule has 38 heavy (non-hydrogen) atoms. The van der Waals surface area contributed by atoms with Crippen LogP contribution in [0.5, 0.6) is 11.5 Å². The van der Waals surface area contributed by atoms with E-state index in [1.54, 1.807) is 12.1 Å². The molecule has 2 saturated heterocycles. The van der Waals surface area contributed by atoms with E-state index in [1.165, 1.54) is 31.6 Å². The Morgan fingerprint density at radius 1 is 1.11 bits per heavy atom. The molecule has 4 aliphatic rings. The Hall–Kier alpha value is -2.75. The number of fused-ring (bicyclic) bond motifs is 3. The van der Waals surface area contributed by atoms with Crippen LogP contribution in [0.2, 0.25) is 0 Å². The molecular formula is C25H30O13. The maximum Gasteiger partial charge on any atom is 0.330 e. The van der Waals surface area contributed by atoms with Crippen molar-refractivity contribution in [2.75, 3.05) is 20.3 Å². The first kappa shape index (κ1) is 26.8. The molecule has 11 atom stereocenters. The van der Waals surface area contributed by atoms with Crippen LogP contribution in [0.4, 0.5) is 0 Å². The van der Waals surface area contributed by atoms with E-state index in [2.05, 4.69) is 0 Å². The molecule has 6 N–H and O–H groups in total. The van der Waals surface area contributed by atoms with Gasteiger partial charge in [-0.25, -0.2) is 4.79 Å². The van der Waals surface area contributed by atoms with Crippen molar-refractivity contribution in [2.45, 2.75) is 54.8 Å². The number of hydrogen-bond acceptors (Lipinski definition) is 13. The molecule has 3 heterocycles. The van der Waals surface area contributed by atoms with Crippen molar-refractivity contribution in [3.8, 4) is 11.5 Å². The predicted molar refractivity (Wildman–Crippen MR) is 124 cm³/mol. The van der Waals surface area contributed by atoms with Crippen LogP contribution in [-0.4, -0.2) is 112 Å². The summed E-state index contributed by atoms with van der Waals surface area (Å²) in [6, 6.07) is 4.47. The average Bonchev–Trinajstić information content (AvgIpc) is 3.61. The number of hydrogen-bond donors (Lipinski definition) is 6. The van der Waals surface area contributed by atoms with Gasteiger partial charge in [-0.3, -0.25) is 0 Å². The minimum atomic E-state index is -1.70. The third-order valence-electron chi connectivity index (χ3n) is 7.45. The molecular weight excluding hydrogens is 508 g/mol. The first-order valence-electron chi connectivity index (χ1n) is 12.1. The van der Waals surface area contributed by atoms with E-state index in [0.29, 0.717) is 5.56 Å². The van der Waals surface area contributed by atoms with Gasteiger partial charge in [-0.2, -0.15) is 0 Å². The number of rotatable bonds is 8. The molecule has 3 fully saturated rings. The topological polar surface area (TPSA) is 197 Å². The molecule has 1 saturated carbocycles. The monoisotopic (exact) mass is 538 g/mol. The van der Waals surface area contributed by atoms with Crippen molar-refractivity contribution in [1.82, 2.24) is 0 Å². The van der Waals surface area contributed by atoms with Crippen LogP contribution in [0.25, 0.3) is 6.08 Å². The van der Waals surface area contributed by atoms with Gasteiger partial charge in [0.25, 0.3) is 0 Å². The molecule has 13 heteroatoms. The highest BCUT2D eigenvalue weighted by Gasteiger charge is 2.75. The van der Waals surface area contributed by atoms with E-state index in [0.717, 1.165) is 6.08 Å². The molecule has 0 amide bonds. The van der Waals surface area contributed by atoms with E-state index < -0.39 is 79.2 Å². The van der Waals surface area contributed by atoms with Crippen LogP contribution in [0.3, 0.4) is 0 Å². The summed E-state index contributed by atoms with van der Waals surface area (Å²) in [7, 11) is 1.39. The number of carbonyl (C=O) groups excluding carboxylic acids is 1. The minimum absolute atomic E-state index is 0.0570. The summed E-state index contributed by atoms with van der Waals surface area (Å²) in [5.41, 5.74) is -0.517. The van der Waals surface area contributed by atoms with Gasteiger partial charge in [-0.15, -0.1) is 0 Å². The summed E-state index contributed by atoms with van der Waals surface area (Å²) in [6.45, 7) is -0.861.